The zero-order valence-corrected chi connectivity index (χ0v) is 14.2. The van der Waals surface area contributed by atoms with Crippen LogP contribution in [0.25, 0.3) is 0 Å². The zero-order chi connectivity index (χ0) is 13.9. The molecule has 3 nitrogen and oxygen atoms in total. The fourth-order valence-electron chi connectivity index (χ4n) is 1.93. The van der Waals surface area contributed by atoms with Gasteiger partial charge in [-0.25, -0.2) is 0 Å². The quantitative estimate of drug-likeness (QED) is 0.753. The minimum atomic E-state index is -3.91. The molecule has 0 aliphatic rings. The van der Waals surface area contributed by atoms with Crippen molar-refractivity contribution in [2.45, 2.75) is 26.2 Å². The van der Waals surface area contributed by atoms with Gasteiger partial charge in [0.2, 0.25) is 0 Å². The molecule has 18 heavy (non-hydrogen) atoms. The predicted octanol–water partition coefficient (Wildman–Crippen LogP) is 4.23. The molecule has 102 valence electrons. The van der Waals surface area contributed by atoms with E-state index in [1.54, 1.807) is 0 Å². The highest BCUT2D eigenvalue weighted by Gasteiger charge is 2.20. The number of halogens is 2. The molecule has 0 aromatic heterocycles. The Morgan fingerprint density at radius 3 is 2.33 bits per heavy atom. The number of rotatable bonds is 5. The van der Waals surface area contributed by atoms with Crippen LogP contribution in [0.4, 0.5) is 0 Å². The van der Waals surface area contributed by atoms with Crippen LogP contribution in [-0.4, -0.2) is 18.7 Å². The van der Waals surface area contributed by atoms with Crippen molar-refractivity contribution in [3.8, 4) is 0 Å². The van der Waals surface area contributed by atoms with E-state index in [-0.39, 0.29) is 11.7 Å². The molecule has 0 bridgehead atoms. The largest absolute Gasteiger partial charge is 0.286 e. The van der Waals surface area contributed by atoms with E-state index in [1.807, 2.05) is 32.0 Å². The smallest absolute Gasteiger partial charge is 0.264 e. The number of hydrogen-bond acceptors (Lipinski definition) is 2. The van der Waals surface area contributed by atoms with Crippen LogP contribution in [-0.2, 0) is 10.1 Å². The van der Waals surface area contributed by atoms with E-state index in [2.05, 4.69) is 31.9 Å². The minimum absolute atomic E-state index is 0.0920. The standard InChI is InChI=1S/C12H16Br2O3S/c1-8(2)10(5-6-18(15,16)17)11-4-3-9(13)7-12(11)14/h3-4,7-8,10H,5-6H2,1-2H3,(H,15,16,17). The lowest BCUT2D eigenvalue weighted by atomic mass is 9.86. The first-order valence-corrected chi connectivity index (χ1v) is 8.80. The summed E-state index contributed by atoms with van der Waals surface area (Å²) in [4.78, 5) is 0. The van der Waals surface area contributed by atoms with Gasteiger partial charge >= 0.3 is 0 Å². The molecule has 0 aliphatic heterocycles. The summed E-state index contributed by atoms with van der Waals surface area (Å²) >= 11 is 6.88. The molecule has 0 radical (unpaired) electrons. The molecule has 1 rings (SSSR count). The summed E-state index contributed by atoms with van der Waals surface area (Å²) in [5.74, 6) is 0.178. The van der Waals surface area contributed by atoms with Crippen molar-refractivity contribution in [1.82, 2.24) is 0 Å². The number of hydrogen-bond donors (Lipinski definition) is 1. The molecule has 0 fully saturated rings. The Hall–Kier alpha value is 0.0900. The van der Waals surface area contributed by atoms with Crippen molar-refractivity contribution in [3.63, 3.8) is 0 Å². The summed E-state index contributed by atoms with van der Waals surface area (Å²) in [6.45, 7) is 4.09. The topological polar surface area (TPSA) is 54.4 Å². The first kappa shape index (κ1) is 16.1. The zero-order valence-electron chi connectivity index (χ0n) is 10.2. The van der Waals surface area contributed by atoms with Crippen molar-refractivity contribution in [3.05, 3.63) is 32.7 Å². The molecule has 0 amide bonds. The third-order valence-electron chi connectivity index (χ3n) is 2.85. The van der Waals surface area contributed by atoms with Gasteiger partial charge in [0.25, 0.3) is 10.1 Å². The molecule has 1 aromatic rings. The summed E-state index contributed by atoms with van der Waals surface area (Å²) in [5, 5.41) is 0. The maximum absolute atomic E-state index is 10.9. The predicted molar refractivity (Wildman–Crippen MR) is 80.5 cm³/mol. The molecule has 0 saturated heterocycles. The van der Waals surface area contributed by atoms with Gasteiger partial charge in [-0.1, -0.05) is 51.8 Å². The second kappa shape index (κ2) is 6.50. The summed E-state index contributed by atoms with van der Waals surface area (Å²) in [7, 11) is -3.91. The summed E-state index contributed by atoms with van der Waals surface area (Å²) in [6.07, 6.45) is 0.413. The van der Waals surface area contributed by atoms with E-state index >= 15 is 0 Å². The minimum Gasteiger partial charge on any atom is -0.286 e. The highest BCUT2D eigenvalue weighted by molar-refractivity contribution is 9.11. The Bertz CT molecular complexity index is 512. The fourth-order valence-corrected chi connectivity index (χ4v) is 3.82. The normalized spacial score (nSPS) is 13.9. The van der Waals surface area contributed by atoms with Crippen LogP contribution in [0.5, 0.6) is 0 Å². The van der Waals surface area contributed by atoms with Crippen molar-refractivity contribution in [1.29, 1.82) is 0 Å². The molecular weight excluding hydrogens is 384 g/mol. The molecule has 1 aromatic carbocycles. The van der Waals surface area contributed by atoms with Gasteiger partial charge in [-0.15, -0.1) is 0 Å². The van der Waals surface area contributed by atoms with Crippen LogP contribution in [0.1, 0.15) is 31.7 Å². The van der Waals surface area contributed by atoms with Gasteiger partial charge in [0.15, 0.2) is 0 Å². The van der Waals surface area contributed by atoms with Crippen molar-refractivity contribution < 1.29 is 13.0 Å². The van der Waals surface area contributed by atoms with Gasteiger partial charge in [-0.3, -0.25) is 4.55 Å². The second-order valence-corrected chi connectivity index (χ2v) is 7.93. The average Bonchev–Trinajstić information content (AvgIpc) is 2.18. The lowest BCUT2D eigenvalue weighted by Gasteiger charge is -2.22. The summed E-state index contributed by atoms with van der Waals surface area (Å²) < 4.78 is 32.5. The molecule has 0 aliphatic carbocycles. The maximum Gasteiger partial charge on any atom is 0.264 e. The molecule has 6 heteroatoms. The fraction of sp³-hybridized carbons (Fsp3) is 0.500. The Morgan fingerprint density at radius 1 is 1.28 bits per heavy atom. The molecule has 1 N–H and O–H groups in total. The van der Waals surface area contributed by atoms with Gasteiger partial charge in [0.05, 0.1) is 5.75 Å². The van der Waals surface area contributed by atoms with Crippen LogP contribution < -0.4 is 0 Å². The highest BCUT2D eigenvalue weighted by Crippen LogP contribution is 2.34. The molecule has 1 unspecified atom stereocenters. The monoisotopic (exact) mass is 398 g/mol. The van der Waals surface area contributed by atoms with Gasteiger partial charge in [-0.05, 0) is 36.0 Å². The van der Waals surface area contributed by atoms with E-state index in [1.165, 1.54) is 0 Å². The molecule has 0 heterocycles. The Kier molecular flexibility index (Phi) is 5.83. The van der Waals surface area contributed by atoms with Crippen LogP contribution in [0, 0.1) is 5.92 Å². The van der Waals surface area contributed by atoms with Crippen LogP contribution in [0.2, 0.25) is 0 Å². The summed E-state index contributed by atoms with van der Waals surface area (Å²) in [6, 6.07) is 5.85. The van der Waals surface area contributed by atoms with Crippen LogP contribution in [0.15, 0.2) is 27.1 Å². The molecule has 0 spiro atoms. The third kappa shape index (κ3) is 4.99. The second-order valence-electron chi connectivity index (χ2n) is 4.59. The SMILES string of the molecule is CC(C)C(CCS(=O)(=O)O)c1ccc(Br)cc1Br. The third-order valence-corrected chi connectivity index (χ3v) is 4.79. The number of benzene rings is 1. The van der Waals surface area contributed by atoms with E-state index in [4.69, 9.17) is 4.55 Å². The summed E-state index contributed by atoms with van der Waals surface area (Å²) in [5.41, 5.74) is 1.07. The van der Waals surface area contributed by atoms with E-state index in [0.29, 0.717) is 12.3 Å². The van der Waals surface area contributed by atoms with Gasteiger partial charge < -0.3 is 0 Å². The van der Waals surface area contributed by atoms with Crippen molar-refractivity contribution >= 4 is 42.0 Å². The van der Waals surface area contributed by atoms with E-state index in [9.17, 15) is 8.42 Å². The average molecular weight is 400 g/mol. The first-order chi connectivity index (χ1) is 8.20. The Labute approximate surface area is 125 Å². The van der Waals surface area contributed by atoms with E-state index in [0.717, 1.165) is 14.5 Å². The van der Waals surface area contributed by atoms with E-state index < -0.39 is 10.1 Å². The molecule has 1 atom stereocenters. The Balaban J connectivity index is 2.98. The van der Waals surface area contributed by atoms with Crippen LogP contribution in [0.3, 0.4) is 0 Å². The highest BCUT2D eigenvalue weighted by atomic mass is 79.9. The maximum atomic E-state index is 10.9. The van der Waals surface area contributed by atoms with Gasteiger partial charge in [-0.2, -0.15) is 8.42 Å². The lowest BCUT2D eigenvalue weighted by molar-refractivity contribution is 0.454. The Morgan fingerprint density at radius 2 is 1.89 bits per heavy atom. The lowest BCUT2D eigenvalue weighted by Crippen LogP contribution is -2.14. The van der Waals surface area contributed by atoms with Gasteiger partial charge in [0, 0.05) is 8.95 Å². The first-order valence-electron chi connectivity index (χ1n) is 5.61. The van der Waals surface area contributed by atoms with Crippen LogP contribution >= 0.6 is 31.9 Å². The van der Waals surface area contributed by atoms with Crippen molar-refractivity contribution in [2.24, 2.45) is 5.92 Å². The molecular formula is C12H16Br2O3S. The van der Waals surface area contributed by atoms with Gasteiger partial charge in [0.1, 0.15) is 0 Å². The van der Waals surface area contributed by atoms with Crippen molar-refractivity contribution in [2.75, 3.05) is 5.75 Å². The molecule has 0 saturated carbocycles.